The van der Waals surface area contributed by atoms with Gasteiger partial charge in [0.05, 0.1) is 45.9 Å². The molecule has 8 nitrogen and oxygen atoms in total. The maximum Gasteiger partial charge on any atom is 0.497 e. The van der Waals surface area contributed by atoms with Crippen molar-refractivity contribution < 1.29 is 18.6 Å². The average molecular weight is 496 g/mol. The number of hydrogen-bond donors (Lipinski definition) is 0. The Morgan fingerprint density at radius 2 is 0.824 bits per heavy atom. The first-order valence-electron chi connectivity index (χ1n) is 11.4. The summed E-state index contributed by atoms with van der Waals surface area (Å²) in [5.41, 5.74) is 3.01. The number of rotatable bonds is 2. The molecule has 0 saturated carbocycles. The largest absolute Gasteiger partial charge is 0.497 e. The van der Waals surface area contributed by atoms with Gasteiger partial charge in [-0.1, -0.05) is 0 Å². The van der Waals surface area contributed by atoms with E-state index in [4.69, 9.17) is 18.6 Å². The highest BCUT2D eigenvalue weighted by Crippen LogP contribution is 2.39. The van der Waals surface area contributed by atoms with E-state index in [1.807, 2.05) is 55.4 Å². The Balaban J connectivity index is 1.57. The molecule has 34 heavy (non-hydrogen) atoms. The highest BCUT2D eigenvalue weighted by Gasteiger charge is 2.54. The molecule has 2 aliphatic heterocycles. The average Bonchev–Trinajstić information content (AvgIpc) is 3.46. The molecule has 0 bridgehead atoms. The van der Waals surface area contributed by atoms with Crippen molar-refractivity contribution >= 4 is 81.5 Å². The Morgan fingerprint density at radius 3 is 1.15 bits per heavy atom. The first-order valence-corrected chi connectivity index (χ1v) is 12.8. The number of aromatic nitrogens is 4. The smallest absolute Gasteiger partial charge is 0.399 e. The van der Waals surface area contributed by atoms with Gasteiger partial charge < -0.3 is 18.6 Å². The summed E-state index contributed by atoms with van der Waals surface area (Å²) in [5, 5.41) is 1.88. The van der Waals surface area contributed by atoms with Crippen LogP contribution in [0, 0.1) is 0 Å². The Hall–Kier alpha value is -1.69. The van der Waals surface area contributed by atoms with Gasteiger partial charge in [-0.3, -0.25) is 0 Å². The fraction of sp³-hybridized carbons (Fsp3) is 0.545. The van der Waals surface area contributed by atoms with Crippen LogP contribution in [-0.4, -0.2) is 54.1 Å². The molecule has 2 fully saturated rings. The van der Waals surface area contributed by atoms with Crippen LogP contribution in [0.15, 0.2) is 12.1 Å². The molecule has 0 amide bonds. The fourth-order valence-corrected chi connectivity index (χ4v) is 5.57. The van der Waals surface area contributed by atoms with E-state index in [9.17, 15) is 0 Å². The van der Waals surface area contributed by atoms with Gasteiger partial charge >= 0.3 is 14.2 Å². The summed E-state index contributed by atoms with van der Waals surface area (Å²) >= 11 is 2.36. The molecule has 0 radical (unpaired) electrons. The van der Waals surface area contributed by atoms with Crippen molar-refractivity contribution in [2.75, 3.05) is 0 Å². The van der Waals surface area contributed by atoms with Crippen LogP contribution >= 0.6 is 23.5 Å². The van der Waals surface area contributed by atoms with Crippen LogP contribution in [0.2, 0.25) is 0 Å². The van der Waals surface area contributed by atoms with E-state index in [1.54, 1.807) is 0 Å². The molecule has 2 aliphatic rings. The van der Waals surface area contributed by atoms with Gasteiger partial charge in [0.15, 0.2) is 0 Å². The molecule has 12 heteroatoms. The van der Waals surface area contributed by atoms with Crippen LogP contribution < -0.4 is 10.9 Å². The lowest BCUT2D eigenvalue weighted by atomic mass is 9.74. The summed E-state index contributed by atoms with van der Waals surface area (Å²) < 4.78 is 44.0. The molecule has 0 N–H and O–H groups in total. The lowest BCUT2D eigenvalue weighted by Crippen LogP contribution is -2.41. The van der Waals surface area contributed by atoms with E-state index >= 15 is 0 Å². The monoisotopic (exact) mass is 496 g/mol. The topological polar surface area (TPSA) is 88.5 Å². The third-order valence-electron chi connectivity index (χ3n) is 7.94. The molecular weight excluding hydrogens is 470 g/mol. The summed E-state index contributed by atoms with van der Waals surface area (Å²) in [6.07, 6.45) is 0. The standard InChI is InChI=1S/C22H26B2N4O4S2/c1-19(2)20(3,4)30-23(29-19)13-9-11-12(15-17(13)27-33-25-15)10-14(18-16(11)26-34-28-18)24-31-21(5,6)22(7,8)32-24/h9-10H,1-8H3. The fourth-order valence-electron chi connectivity index (χ4n) is 4.40. The van der Waals surface area contributed by atoms with E-state index in [2.05, 4.69) is 29.6 Å². The van der Waals surface area contributed by atoms with Gasteiger partial charge in [-0.2, -0.15) is 17.5 Å². The van der Waals surface area contributed by atoms with Crippen molar-refractivity contribution in [3.8, 4) is 0 Å². The van der Waals surface area contributed by atoms with Crippen LogP contribution in [-0.2, 0) is 18.6 Å². The molecule has 0 atom stereocenters. The maximum absolute atomic E-state index is 6.36. The van der Waals surface area contributed by atoms with E-state index < -0.39 is 36.6 Å². The Morgan fingerprint density at radius 1 is 0.529 bits per heavy atom. The number of nitrogens with zero attached hydrogens (tertiary/aromatic N) is 4. The zero-order valence-corrected chi connectivity index (χ0v) is 22.2. The van der Waals surface area contributed by atoms with Gasteiger partial charge in [0.25, 0.3) is 0 Å². The molecule has 2 aromatic heterocycles. The van der Waals surface area contributed by atoms with Crippen LogP contribution in [0.1, 0.15) is 55.4 Å². The van der Waals surface area contributed by atoms with Crippen molar-refractivity contribution in [3.63, 3.8) is 0 Å². The molecule has 0 unspecified atom stereocenters. The minimum atomic E-state index is -0.551. The predicted octanol–water partition coefficient (Wildman–Crippen LogP) is 3.45. The summed E-state index contributed by atoms with van der Waals surface area (Å²) in [7, 11) is -1.10. The summed E-state index contributed by atoms with van der Waals surface area (Å²) in [4.78, 5) is 0. The summed E-state index contributed by atoms with van der Waals surface area (Å²) in [6.45, 7) is 16.4. The Labute approximate surface area is 207 Å². The van der Waals surface area contributed by atoms with Crippen LogP contribution in [0.5, 0.6) is 0 Å². The second kappa shape index (κ2) is 6.95. The Bertz CT molecular complexity index is 1320. The molecule has 176 valence electrons. The van der Waals surface area contributed by atoms with E-state index in [1.165, 1.54) is 23.5 Å². The van der Waals surface area contributed by atoms with Crippen LogP contribution in [0.25, 0.3) is 32.8 Å². The lowest BCUT2D eigenvalue weighted by molar-refractivity contribution is 0.00578. The van der Waals surface area contributed by atoms with Crippen LogP contribution in [0.4, 0.5) is 0 Å². The van der Waals surface area contributed by atoms with Crippen molar-refractivity contribution in [3.05, 3.63) is 12.1 Å². The van der Waals surface area contributed by atoms with Gasteiger partial charge in [-0.15, -0.1) is 0 Å². The number of hydrogen-bond acceptors (Lipinski definition) is 10. The molecule has 4 aromatic rings. The molecule has 0 spiro atoms. The van der Waals surface area contributed by atoms with Crippen molar-refractivity contribution in [2.24, 2.45) is 0 Å². The third-order valence-corrected chi connectivity index (χ3v) is 9.00. The second-order valence-corrected chi connectivity index (χ2v) is 12.2. The summed E-state index contributed by atoms with van der Waals surface area (Å²) in [6, 6.07) is 4.14. The number of fused-ring (bicyclic) bond motifs is 5. The molecule has 0 aliphatic carbocycles. The van der Waals surface area contributed by atoms with Gasteiger partial charge in [0.2, 0.25) is 0 Å². The minimum absolute atomic E-state index is 0.458. The molecule has 6 rings (SSSR count). The number of benzene rings is 2. The van der Waals surface area contributed by atoms with E-state index in [-0.39, 0.29) is 0 Å². The first kappa shape index (κ1) is 22.8. The predicted molar refractivity (Wildman–Crippen MR) is 137 cm³/mol. The zero-order valence-electron chi connectivity index (χ0n) is 20.5. The first-order chi connectivity index (χ1) is 15.8. The molecule has 2 aromatic carbocycles. The molecular formula is C22H26B2N4O4S2. The summed E-state index contributed by atoms with van der Waals surface area (Å²) in [5.74, 6) is 0. The van der Waals surface area contributed by atoms with Crippen LogP contribution in [0.3, 0.4) is 0 Å². The van der Waals surface area contributed by atoms with Crippen molar-refractivity contribution in [1.82, 2.24) is 17.5 Å². The zero-order chi connectivity index (χ0) is 24.3. The van der Waals surface area contributed by atoms with Crippen molar-refractivity contribution in [2.45, 2.75) is 77.8 Å². The quantitative estimate of drug-likeness (QED) is 0.390. The second-order valence-electron chi connectivity index (χ2n) is 11.1. The maximum atomic E-state index is 6.36. The molecule has 4 heterocycles. The normalized spacial score (nSPS) is 23.1. The third kappa shape index (κ3) is 3.06. The van der Waals surface area contributed by atoms with E-state index in [0.29, 0.717) is 0 Å². The minimum Gasteiger partial charge on any atom is -0.399 e. The highest BCUT2D eigenvalue weighted by atomic mass is 32.1. The van der Waals surface area contributed by atoms with Gasteiger partial charge in [-0.25, -0.2) is 0 Å². The van der Waals surface area contributed by atoms with Crippen molar-refractivity contribution in [1.29, 1.82) is 0 Å². The van der Waals surface area contributed by atoms with Gasteiger partial charge in [-0.05, 0) is 67.5 Å². The van der Waals surface area contributed by atoms with Gasteiger partial charge in [0.1, 0.15) is 22.1 Å². The SMILES string of the molecule is CC1(C)OB(c2cc3c(cc(B4OC(C)(C)C(C)(C)O4)c4nsnc43)c3nsnc23)OC1(C)C. The molecule has 2 saturated heterocycles. The Kier molecular flexibility index (Phi) is 4.65. The lowest BCUT2D eigenvalue weighted by Gasteiger charge is -2.32. The highest BCUT2D eigenvalue weighted by molar-refractivity contribution is 7.00. The van der Waals surface area contributed by atoms with E-state index in [0.717, 1.165) is 43.8 Å². The van der Waals surface area contributed by atoms with Gasteiger partial charge in [0, 0.05) is 21.7 Å².